The summed E-state index contributed by atoms with van der Waals surface area (Å²) in [6.45, 7) is 2.60. The molecule has 2 atom stereocenters. The summed E-state index contributed by atoms with van der Waals surface area (Å²) in [5.41, 5.74) is 9.21. The lowest BCUT2D eigenvalue weighted by Crippen LogP contribution is -2.48. The van der Waals surface area contributed by atoms with E-state index in [1.54, 1.807) is 18.7 Å². The number of aryl methyl sites for hydroxylation is 1. The van der Waals surface area contributed by atoms with Crippen molar-refractivity contribution in [2.75, 3.05) is 29.5 Å². The van der Waals surface area contributed by atoms with E-state index in [0.717, 1.165) is 30.8 Å². The van der Waals surface area contributed by atoms with Crippen molar-refractivity contribution in [2.45, 2.75) is 31.2 Å². The molecule has 1 aromatic rings. The van der Waals surface area contributed by atoms with Crippen LogP contribution in [0.2, 0.25) is 0 Å². The first-order chi connectivity index (χ1) is 10.0. The standard InChI is InChI=1S/C15H22N2O2S2/c1-2-21(18,19)15-10-20-8-7-17(15)14-6-3-11-9-12(16)4-5-13(11)14/h4-5,9,14-15H,2-3,6-8,10,16H2,1H3. The Morgan fingerprint density at radius 2 is 2.24 bits per heavy atom. The zero-order valence-electron chi connectivity index (χ0n) is 12.3. The van der Waals surface area contributed by atoms with E-state index in [9.17, 15) is 8.42 Å². The van der Waals surface area contributed by atoms with Crippen molar-refractivity contribution in [3.05, 3.63) is 29.3 Å². The highest BCUT2D eigenvalue weighted by molar-refractivity contribution is 8.01. The number of benzene rings is 1. The Morgan fingerprint density at radius 3 is 3.00 bits per heavy atom. The minimum atomic E-state index is -3.04. The molecule has 3 rings (SSSR count). The molecule has 21 heavy (non-hydrogen) atoms. The van der Waals surface area contributed by atoms with E-state index >= 15 is 0 Å². The van der Waals surface area contributed by atoms with Crippen LogP contribution in [0, 0.1) is 0 Å². The van der Waals surface area contributed by atoms with Crippen molar-refractivity contribution >= 4 is 27.3 Å². The Balaban J connectivity index is 1.93. The van der Waals surface area contributed by atoms with Crippen molar-refractivity contribution in [2.24, 2.45) is 0 Å². The molecule has 6 heteroatoms. The first-order valence-electron chi connectivity index (χ1n) is 7.46. The van der Waals surface area contributed by atoms with Crippen LogP contribution in [0.4, 0.5) is 5.69 Å². The van der Waals surface area contributed by atoms with Crippen LogP contribution in [-0.4, -0.2) is 42.5 Å². The third-order valence-corrected chi connectivity index (χ3v) is 7.86. The number of fused-ring (bicyclic) bond motifs is 1. The van der Waals surface area contributed by atoms with E-state index in [0.29, 0.717) is 5.75 Å². The summed E-state index contributed by atoms with van der Waals surface area (Å²) in [5, 5.41) is -0.338. The van der Waals surface area contributed by atoms with Gasteiger partial charge in [0.25, 0.3) is 0 Å². The molecular formula is C15H22N2O2S2. The molecule has 0 amide bonds. The summed E-state index contributed by atoms with van der Waals surface area (Å²) < 4.78 is 24.8. The normalized spacial score (nSPS) is 26.7. The molecule has 1 aromatic carbocycles. The van der Waals surface area contributed by atoms with E-state index in [-0.39, 0.29) is 17.2 Å². The molecule has 0 radical (unpaired) electrons. The summed E-state index contributed by atoms with van der Waals surface area (Å²) in [6, 6.07) is 6.28. The highest BCUT2D eigenvalue weighted by Gasteiger charge is 2.39. The van der Waals surface area contributed by atoms with Crippen molar-refractivity contribution < 1.29 is 8.42 Å². The fourth-order valence-electron chi connectivity index (χ4n) is 3.41. The third kappa shape index (κ3) is 2.81. The number of nitrogens with zero attached hydrogens (tertiary/aromatic N) is 1. The van der Waals surface area contributed by atoms with Crippen LogP contribution in [0.1, 0.15) is 30.5 Å². The summed E-state index contributed by atoms with van der Waals surface area (Å²) in [4.78, 5) is 2.22. The zero-order chi connectivity index (χ0) is 15.0. The molecule has 116 valence electrons. The summed E-state index contributed by atoms with van der Waals surface area (Å²) in [7, 11) is -3.04. The Labute approximate surface area is 131 Å². The molecular weight excluding hydrogens is 304 g/mol. The van der Waals surface area contributed by atoms with Crippen LogP contribution in [0.5, 0.6) is 0 Å². The average Bonchev–Trinajstić information content (AvgIpc) is 2.90. The second-order valence-electron chi connectivity index (χ2n) is 5.73. The minimum Gasteiger partial charge on any atom is -0.399 e. The van der Waals surface area contributed by atoms with E-state index in [1.165, 1.54) is 11.1 Å². The maximum absolute atomic E-state index is 12.4. The lowest BCUT2D eigenvalue weighted by Gasteiger charge is -2.39. The number of thioether (sulfide) groups is 1. The number of nitrogens with two attached hydrogens (primary N) is 1. The predicted octanol–water partition coefficient (Wildman–Crippen LogP) is 2.07. The second-order valence-corrected chi connectivity index (χ2v) is 9.33. The van der Waals surface area contributed by atoms with Gasteiger partial charge in [0.15, 0.2) is 9.84 Å². The van der Waals surface area contributed by atoms with E-state index in [1.807, 2.05) is 12.1 Å². The topological polar surface area (TPSA) is 63.4 Å². The van der Waals surface area contributed by atoms with Gasteiger partial charge in [-0.05, 0) is 36.1 Å². The van der Waals surface area contributed by atoms with Gasteiger partial charge in [0.2, 0.25) is 0 Å². The van der Waals surface area contributed by atoms with Crippen LogP contribution in [0.25, 0.3) is 0 Å². The van der Waals surface area contributed by atoms with E-state index in [4.69, 9.17) is 5.73 Å². The van der Waals surface area contributed by atoms with E-state index in [2.05, 4.69) is 11.0 Å². The molecule has 2 unspecified atom stereocenters. The molecule has 2 N–H and O–H groups in total. The van der Waals surface area contributed by atoms with E-state index < -0.39 is 9.84 Å². The maximum atomic E-state index is 12.4. The summed E-state index contributed by atoms with van der Waals surface area (Å²) in [6.07, 6.45) is 1.99. The molecule has 1 fully saturated rings. The van der Waals surface area contributed by atoms with Gasteiger partial charge in [0, 0.05) is 35.5 Å². The maximum Gasteiger partial charge on any atom is 0.166 e. The van der Waals surface area contributed by atoms with Gasteiger partial charge in [-0.15, -0.1) is 0 Å². The van der Waals surface area contributed by atoms with Crippen molar-refractivity contribution in [3.63, 3.8) is 0 Å². The fourth-order valence-corrected chi connectivity index (χ4v) is 6.48. The molecule has 1 aliphatic carbocycles. The molecule has 0 saturated carbocycles. The first kappa shape index (κ1) is 15.2. The van der Waals surface area contributed by atoms with Gasteiger partial charge < -0.3 is 5.73 Å². The molecule has 0 spiro atoms. The Morgan fingerprint density at radius 1 is 1.43 bits per heavy atom. The number of hydrogen-bond acceptors (Lipinski definition) is 5. The molecule has 1 saturated heterocycles. The van der Waals surface area contributed by atoms with Crippen molar-refractivity contribution in [1.29, 1.82) is 0 Å². The number of anilines is 1. The molecule has 1 aliphatic heterocycles. The van der Waals surface area contributed by atoms with Crippen LogP contribution in [-0.2, 0) is 16.3 Å². The SMILES string of the molecule is CCS(=O)(=O)C1CSCCN1C1CCc2cc(N)ccc21. The van der Waals surface area contributed by atoms with Crippen LogP contribution >= 0.6 is 11.8 Å². The Hall–Kier alpha value is -0.720. The molecule has 2 aliphatic rings. The highest BCUT2D eigenvalue weighted by Crippen LogP contribution is 2.40. The molecule has 0 bridgehead atoms. The average molecular weight is 326 g/mol. The lowest BCUT2D eigenvalue weighted by atomic mass is 10.1. The monoisotopic (exact) mass is 326 g/mol. The first-order valence-corrected chi connectivity index (χ1v) is 10.3. The third-order valence-electron chi connectivity index (χ3n) is 4.55. The van der Waals surface area contributed by atoms with Crippen LogP contribution in [0.15, 0.2) is 18.2 Å². The lowest BCUT2D eigenvalue weighted by molar-refractivity contribution is 0.192. The Bertz CT molecular complexity index is 631. The van der Waals surface area contributed by atoms with Gasteiger partial charge in [-0.3, -0.25) is 4.90 Å². The zero-order valence-corrected chi connectivity index (χ0v) is 13.9. The van der Waals surface area contributed by atoms with Crippen LogP contribution < -0.4 is 5.73 Å². The minimum absolute atomic E-state index is 0.218. The molecule has 0 aromatic heterocycles. The van der Waals surface area contributed by atoms with Gasteiger partial charge in [0.05, 0.1) is 0 Å². The van der Waals surface area contributed by atoms with Gasteiger partial charge in [-0.25, -0.2) is 8.42 Å². The number of rotatable bonds is 3. The quantitative estimate of drug-likeness (QED) is 0.862. The summed E-state index contributed by atoms with van der Waals surface area (Å²) in [5.74, 6) is 1.92. The fraction of sp³-hybridized carbons (Fsp3) is 0.600. The highest BCUT2D eigenvalue weighted by atomic mass is 32.2. The van der Waals surface area contributed by atoms with Crippen molar-refractivity contribution in [1.82, 2.24) is 4.90 Å². The van der Waals surface area contributed by atoms with Gasteiger partial charge >= 0.3 is 0 Å². The number of nitrogen functional groups attached to an aromatic ring is 1. The van der Waals surface area contributed by atoms with Gasteiger partial charge in [-0.2, -0.15) is 11.8 Å². The Kier molecular flexibility index (Phi) is 4.21. The largest absolute Gasteiger partial charge is 0.399 e. The van der Waals surface area contributed by atoms with Gasteiger partial charge in [-0.1, -0.05) is 13.0 Å². The number of sulfone groups is 1. The van der Waals surface area contributed by atoms with Crippen molar-refractivity contribution in [3.8, 4) is 0 Å². The smallest absolute Gasteiger partial charge is 0.166 e. The predicted molar refractivity (Wildman–Crippen MR) is 89.2 cm³/mol. The van der Waals surface area contributed by atoms with Crippen LogP contribution in [0.3, 0.4) is 0 Å². The number of hydrogen-bond donors (Lipinski definition) is 1. The van der Waals surface area contributed by atoms with Gasteiger partial charge in [0.1, 0.15) is 5.37 Å². The summed E-state index contributed by atoms with van der Waals surface area (Å²) >= 11 is 1.75. The second kappa shape index (κ2) is 5.82. The molecule has 4 nitrogen and oxygen atoms in total. The molecule has 1 heterocycles.